The fourth-order valence-electron chi connectivity index (χ4n) is 5.95. The topological polar surface area (TPSA) is 0 Å². The van der Waals surface area contributed by atoms with Gasteiger partial charge in [0.15, 0.2) is 0 Å². The average molecular weight is 283 g/mol. The third kappa shape index (κ3) is 1.94. The Labute approximate surface area is 126 Å². The predicted octanol–water partition coefficient (Wildman–Crippen LogP) is 3.30. The van der Waals surface area contributed by atoms with E-state index in [9.17, 15) is 0 Å². The molecular formula is C19H26Si. The first-order chi connectivity index (χ1) is 9.68. The van der Waals surface area contributed by atoms with Crippen molar-refractivity contribution in [3.8, 4) is 0 Å². The van der Waals surface area contributed by atoms with E-state index in [1.807, 2.05) is 0 Å². The second-order valence-electron chi connectivity index (χ2n) is 7.77. The van der Waals surface area contributed by atoms with E-state index in [1.165, 1.54) is 49.3 Å². The minimum Gasteiger partial charge on any atom is -0.0833 e. The molecule has 106 valence electrons. The molecule has 0 N–H and O–H groups in total. The summed E-state index contributed by atoms with van der Waals surface area (Å²) >= 11 is 0. The van der Waals surface area contributed by atoms with Gasteiger partial charge in [0, 0.05) is 10.2 Å². The van der Waals surface area contributed by atoms with Crippen LogP contribution in [0.25, 0.3) is 5.57 Å². The van der Waals surface area contributed by atoms with Crippen LogP contribution >= 0.6 is 0 Å². The van der Waals surface area contributed by atoms with Crippen molar-refractivity contribution in [2.24, 2.45) is 23.2 Å². The summed E-state index contributed by atoms with van der Waals surface area (Å²) in [5.41, 5.74) is 3.73. The van der Waals surface area contributed by atoms with Gasteiger partial charge >= 0.3 is 0 Å². The van der Waals surface area contributed by atoms with Crippen LogP contribution in [0.1, 0.15) is 51.0 Å². The average Bonchev–Trinajstić information content (AvgIpc) is 2.40. The van der Waals surface area contributed by atoms with Crippen molar-refractivity contribution >= 4 is 21.0 Å². The van der Waals surface area contributed by atoms with Crippen molar-refractivity contribution in [3.63, 3.8) is 0 Å². The fourth-order valence-corrected chi connectivity index (χ4v) is 6.29. The summed E-state index contributed by atoms with van der Waals surface area (Å²) in [7, 11) is 1.16. The zero-order chi connectivity index (χ0) is 13.7. The molecule has 0 unspecified atom stereocenters. The van der Waals surface area contributed by atoms with E-state index in [0.29, 0.717) is 5.41 Å². The highest BCUT2D eigenvalue weighted by atomic mass is 28.1. The molecule has 1 heteroatoms. The van der Waals surface area contributed by atoms with E-state index < -0.39 is 0 Å². The number of benzene rings is 1. The van der Waals surface area contributed by atoms with Gasteiger partial charge in [-0.1, -0.05) is 35.5 Å². The molecule has 0 saturated heterocycles. The van der Waals surface area contributed by atoms with Gasteiger partial charge in [-0.3, -0.25) is 0 Å². The van der Waals surface area contributed by atoms with E-state index in [0.717, 1.165) is 28.0 Å². The van der Waals surface area contributed by atoms with Gasteiger partial charge in [-0.15, -0.1) is 0 Å². The molecule has 1 aromatic carbocycles. The largest absolute Gasteiger partial charge is 0.0833 e. The Bertz CT molecular complexity index is 502. The molecule has 0 radical (unpaired) electrons. The molecule has 0 nitrogen and oxygen atoms in total. The Hall–Kier alpha value is -0.823. The number of hydrogen-bond donors (Lipinski definition) is 0. The summed E-state index contributed by atoms with van der Waals surface area (Å²) < 4.78 is 0. The number of rotatable bonds is 2. The van der Waals surface area contributed by atoms with E-state index in [-0.39, 0.29) is 0 Å². The van der Waals surface area contributed by atoms with Gasteiger partial charge in [0.1, 0.15) is 0 Å². The monoisotopic (exact) mass is 282 g/mol. The zero-order valence-corrected chi connectivity index (χ0v) is 14.9. The van der Waals surface area contributed by atoms with Gasteiger partial charge in [-0.25, -0.2) is 0 Å². The summed E-state index contributed by atoms with van der Waals surface area (Å²) in [6.07, 6.45) is 11.5. The van der Waals surface area contributed by atoms with Crippen molar-refractivity contribution < 1.29 is 0 Å². The molecule has 20 heavy (non-hydrogen) atoms. The highest BCUT2D eigenvalue weighted by Crippen LogP contribution is 2.64. The maximum atomic E-state index is 2.44. The van der Waals surface area contributed by atoms with E-state index in [2.05, 4.69) is 37.3 Å². The summed E-state index contributed by atoms with van der Waals surface area (Å²) in [5.74, 6) is 3.11. The second-order valence-corrected chi connectivity index (χ2v) is 8.92. The summed E-state index contributed by atoms with van der Waals surface area (Å²) in [6.45, 7) is 2.27. The molecule has 4 aliphatic carbocycles. The number of hydrogen-bond acceptors (Lipinski definition) is 0. The highest BCUT2D eigenvalue weighted by molar-refractivity contribution is 6.32. The van der Waals surface area contributed by atoms with Crippen molar-refractivity contribution in [3.05, 3.63) is 35.9 Å². The summed E-state index contributed by atoms with van der Waals surface area (Å²) in [6, 6.07) is 9.45. The van der Waals surface area contributed by atoms with Crippen LogP contribution in [0.15, 0.2) is 30.3 Å². The maximum absolute atomic E-state index is 2.44. The molecule has 0 atom stereocenters. The lowest BCUT2D eigenvalue weighted by Gasteiger charge is -2.58. The molecule has 4 aliphatic rings. The normalized spacial score (nSPS) is 39.5. The van der Waals surface area contributed by atoms with Gasteiger partial charge in [0.05, 0.1) is 0 Å². The third-order valence-corrected chi connectivity index (χ3v) is 6.93. The van der Waals surface area contributed by atoms with Crippen LogP contribution in [0, 0.1) is 23.2 Å². The van der Waals surface area contributed by atoms with Crippen LogP contribution in [-0.2, 0) is 0 Å². The first kappa shape index (κ1) is 12.9. The molecule has 0 aliphatic heterocycles. The molecule has 4 bridgehead atoms. The Morgan fingerprint density at radius 1 is 1.00 bits per heavy atom. The molecule has 0 spiro atoms. The SMILES string of the molecule is C/C=C(\c1ccc([SiH3])cc1)C12CC3CC(CC(C3)C1)C2. The van der Waals surface area contributed by atoms with E-state index in [1.54, 1.807) is 5.57 Å². The molecular weight excluding hydrogens is 256 g/mol. The van der Waals surface area contributed by atoms with E-state index >= 15 is 0 Å². The first-order valence-corrected chi connectivity index (χ1v) is 9.42. The molecule has 4 saturated carbocycles. The van der Waals surface area contributed by atoms with Crippen molar-refractivity contribution in [1.29, 1.82) is 0 Å². The minimum absolute atomic E-state index is 0.538. The van der Waals surface area contributed by atoms with Crippen LogP contribution in [0.2, 0.25) is 0 Å². The third-order valence-electron chi connectivity index (χ3n) is 6.26. The van der Waals surface area contributed by atoms with E-state index in [4.69, 9.17) is 0 Å². The van der Waals surface area contributed by atoms with Gasteiger partial charge in [0.25, 0.3) is 0 Å². The van der Waals surface area contributed by atoms with Gasteiger partial charge < -0.3 is 0 Å². The van der Waals surface area contributed by atoms with Crippen LogP contribution < -0.4 is 5.19 Å². The Balaban J connectivity index is 1.73. The van der Waals surface area contributed by atoms with Crippen LogP contribution in [0.4, 0.5) is 0 Å². The predicted molar refractivity (Wildman–Crippen MR) is 90.3 cm³/mol. The smallest absolute Gasteiger partial charge is 0.0384 e. The summed E-state index contributed by atoms with van der Waals surface area (Å²) in [4.78, 5) is 0. The fraction of sp³-hybridized carbons (Fsp3) is 0.579. The van der Waals surface area contributed by atoms with Crippen LogP contribution in [0.5, 0.6) is 0 Å². The first-order valence-electron chi connectivity index (χ1n) is 8.42. The van der Waals surface area contributed by atoms with Crippen molar-refractivity contribution in [2.75, 3.05) is 0 Å². The van der Waals surface area contributed by atoms with Gasteiger partial charge in [-0.2, -0.15) is 0 Å². The Kier molecular flexibility index (Phi) is 2.96. The standard InChI is InChI=1S/C19H26Si/c1-2-18(16-3-5-17(20)6-4-16)19-10-13-7-14(11-19)9-15(8-13)12-19/h2-6,13-15H,7-12H2,1,20H3/b18-2+. The Morgan fingerprint density at radius 2 is 1.50 bits per heavy atom. The van der Waals surface area contributed by atoms with Crippen molar-refractivity contribution in [1.82, 2.24) is 0 Å². The maximum Gasteiger partial charge on any atom is 0.0384 e. The van der Waals surface area contributed by atoms with Crippen LogP contribution in [0.3, 0.4) is 0 Å². The van der Waals surface area contributed by atoms with Gasteiger partial charge in [0.2, 0.25) is 0 Å². The molecule has 4 fully saturated rings. The molecule has 0 aromatic heterocycles. The summed E-state index contributed by atoms with van der Waals surface area (Å²) in [5, 5.41) is 1.51. The lowest BCUT2D eigenvalue weighted by Crippen LogP contribution is -2.46. The molecule has 0 heterocycles. The van der Waals surface area contributed by atoms with Gasteiger partial charge in [-0.05, 0) is 79.8 Å². The zero-order valence-electron chi connectivity index (χ0n) is 12.9. The quantitative estimate of drug-likeness (QED) is 0.730. The second kappa shape index (κ2) is 4.59. The molecule has 1 aromatic rings. The number of allylic oxidation sites excluding steroid dienone is 2. The highest BCUT2D eigenvalue weighted by Gasteiger charge is 2.52. The van der Waals surface area contributed by atoms with Crippen LogP contribution in [-0.4, -0.2) is 10.2 Å². The van der Waals surface area contributed by atoms with Crippen molar-refractivity contribution in [2.45, 2.75) is 45.4 Å². The molecule has 5 rings (SSSR count). The Morgan fingerprint density at radius 3 is 1.95 bits per heavy atom. The minimum atomic E-state index is 0.538. The lowest BCUT2D eigenvalue weighted by atomic mass is 9.47. The lowest BCUT2D eigenvalue weighted by molar-refractivity contribution is -0.0178. The molecule has 0 amide bonds.